The van der Waals surface area contributed by atoms with Crippen LogP contribution in [0, 0.1) is 0 Å². The molecule has 1 unspecified atom stereocenters. The summed E-state index contributed by atoms with van der Waals surface area (Å²) < 4.78 is 6.88. The van der Waals surface area contributed by atoms with Gasteiger partial charge in [-0.15, -0.1) is 0 Å². The highest BCUT2D eigenvalue weighted by atomic mass is 16.6. The van der Waals surface area contributed by atoms with E-state index in [-0.39, 0.29) is 6.04 Å². The molecule has 0 saturated heterocycles. The van der Waals surface area contributed by atoms with E-state index < -0.39 is 6.09 Å². The Morgan fingerprint density at radius 1 is 1.39 bits per heavy atom. The number of hydrogen-bond acceptors (Lipinski definition) is 3. The molecule has 1 atom stereocenters. The summed E-state index contributed by atoms with van der Waals surface area (Å²) in [6.07, 6.45) is 3.09. The summed E-state index contributed by atoms with van der Waals surface area (Å²) in [4.78, 5) is 11.6. The van der Waals surface area contributed by atoms with Gasteiger partial charge in [-0.05, 0) is 25.1 Å². The number of rotatable bonds is 4. The van der Waals surface area contributed by atoms with Crippen LogP contribution in [0.4, 0.5) is 4.79 Å². The second kappa shape index (κ2) is 5.86. The third-order valence-electron chi connectivity index (χ3n) is 2.34. The monoisotopic (exact) mass is 245 g/mol. The Morgan fingerprint density at radius 2 is 2.17 bits per heavy atom. The SMILES string of the molecule is CC(Cn1cccn1)NC(=O)Oc1ccccc1. The van der Waals surface area contributed by atoms with Crippen LogP contribution in [0.15, 0.2) is 48.8 Å². The van der Waals surface area contributed by atoms with Crippen LogP contribution in [0.2, 0.25) is 0 Å². The van der Waals surface area contributed by atoms with Gasteiger partial charge < -0.3 is 10.1 Å². The fourth-order valence-corrected chi connectivity index (χ4v) is 1.56. The van der Waals surface area contributed by atoms with Crippen molar-refractivity contribution < 1.29 is 9.53 Å². The number of nitrogens with zero attached hydrogens (tertiary/aromatic N) is 2. The van der Waals surface area contributed by atoms with Crippen LogP contribution in [-0.2, 0) is 6.54 Å². The summed E-state index contributed by atoms with van der Waals surface area (Å²) in [7, 11) is 0. The zero-order chi connectivity index (χ0) is 12.8. The van der Waals surface area contributed by atoms with Crippen molar-refractivity contribution in [3.8, 4) is 5.75 Å². The number of hydrogen-bond donors (Lipinski definition) is 1. The number of carbonyl (C=O) groups is 1. The van der Waals surface area contributed by atoms with Gasteiger partial charge in [0.15, 0.2) is 0 Å². The van der Waals surface area contributed by atoms with E-state index in [1.807, 2.05) is 37.4 Å². The van der Waals surface area contributed by atoms with Gasteiger partial charge in [0.1, 0.15) is 5.75 Å². The van der Waals surface area contributed by atoms with Crippen molar-refractivity contribution in [1.82, 2.24) is 15.1 Å². The molecule has 2 rings (SSSR count). The fourth-order valence-electron chi connectivity index (χ4n) is 1.56. The van der Waals surface area contributed by atoms with Gasteiger partial charge in [-0.1, -0.05) is 18.2 Å². The first-order chi connectivity index (χ1) is 8.74. The average molecular weight is 245 g/mol. The van der Waals surface area contributed by atoms with E-state index in [2.05, 4.69) is 10.4 Å². The van der Waals surface area contributed by atoms with Crippen LogP contribution in [0.3, 0.4) is 0 Å². The van der Waals surface area contributed by atoms with Gasteiger partial charge in [0, 0.05) is 18.4 Å². The third kappa shape index (κ3) is 3.62. The molecule has 0 fully saturated rings. The fraction of sp³-hybridized carbons (Fsp3) is 0.231. The van der Waals surface area contributed by atoms with Gasteiger partial charge in [0.25, 0.3) is 0 Å². The Balaban J connectivity index is 1.80. The number of amides is 1. The lowest BCUT2D eigenvalue weighted by Crippen LogP contribution is -2.37. The minimum Gasteiger partial charge on any atom is -0.410 e. The normalized spacial score (nSPS) is 11.8. The largest absolute Gasteiger partial charge is 0.412 e. The van der Waals surface area contributed by atoms with Crippen LogP contribution < -0.4 is 10.1 Å². The van der Waals surface area contributed by atoms with Gasteiger partial charge >= 0.3 is 6.09 Å². The van der Waals surface area contributed by atoms with E-state index in [0.29, 0.717) is 12.3 Å². The molecule has 94 valence electrons. The van der Waals surface area contributed by atoms with Crippen LogP contribution in [-0.4, -0.2) is 21.9 Å². The van der Waals surface area contributed by atoms with E-state index >= 15 is 0 Å². The molecule has 0 aliphatic heterocycles. The second-order valence-electron chi connectivity index (χ2n) is 3.98. The van der Waals surface area contributed by atoms with Crippen molar-refractivity contribution in [3.63, 3.8) is 0 Å². The van der Waals surface area contributed by atoms with Crippen LogP contribution in [0.5, 0.6) is 5.75 Å². The number of benzene rings is 1. The van der Waals surface area contributed by atoms with Crippen molar-refractivity contribution in [2.75, 3.05) is 0 Å². The molecule has 5 nitrogen and oxygen atoms in total. The highest BCUT2D eigenvalue weighted by molar-refractivity contribution is 5.70. The first-order valence-electron chi connectivity index (χ1n) is 5.75. The predicted molar refractivity (Wildman–Crippen MR) is 67.3 cm³/mol. The summed E-state index contributed by atoms with van der Waals surface area (Å²) in [6.45, 7) is 2.50. The van der Waals surface area contributed by atoms with E-state index in [1.54, 1.807) is 23.0 Å². The molecule has 0 aliphatic carbocycles. The van der Waals surface area contributed by atoms with E-state index in [1.165, 1.54) is 0 Å². The van der Waals surface area contributed by atoms with Crippen LogP contribution in [0.25, 0.3) is 0 Å². The maximum Gasteiger partial charge on any atom is 0.412 e. The zero-order valence-electron chi connectivity index (χ0n) is 10.1. The Labute approximate surface area is 105 Å². The molecule has 0 radical (unpaired) electrons. The lowest BCUT2D eigenvalue weighted by atomic mass is 10.3. The minimum absolute atomic E-state index is 0.0545. The van der Waals surface area contributed by atoms with E-state index in [0.717, 1.165) is 0 Å². The summed E-state index contributed by atoms with van der Waals surface area (Å²) >= 11 is 0. The minimum atomic E-state index is -0.458. The molecule has 0 saturated carbocycles. The molecule has 1 amide bonds. The molecule has 1 N–H and O–H groups in total. The maximum absolute atomic E-state index is 11.6. The average Bonchev–Trinajstić information content (AvgIpc) is 2.82. The smallest absolute Gasteiger partial charge is 0.410 e. The topological polar surface area (TPSA) is 56.2 Å². The first-order valence-corrected chi connectivity index (χ1v) is 5.75. The number of aromatic nitrogens is 2. The Bertz CT molecular complexity index is 482. The zero-order valence-corrected chi connectivity index (χ0v) is 10.1. The maximum atomic E-state index is 11.6. The molecule has 0 spiro atoms. The van der Waals surface area contributed by atoms with Crippen molar-refractivity contribution in [3.05, 3.63) is 48.8 Å². The lowest BCUT2D eigenvalue weighted by molar-refractivity contribution is 0.195. The summed E-state index contributed by atoms with van der Waals surface area (Å²) in [6, 6.07) is 10.8. The molecular weight excluding hydrogens is 230 g/mol. The lowest BCUT2D eigenvalue weighted by Gasteiger charge is -2.13. The van der Waals surface area contributed by atoms with E-state index in [9.17, 15) is 4.79 Å². The van der Waals surface area contributed by atoms with Gasteiger partial charge in [-0.2, -0.15) is 5.10 Å². The molecule has 1 aromatic heterocycles. The van der Waals surface area contributed by atoms with Crippen molar-refractivity contribution in [2.24, 2.45) is 0 Å². The first kappa shape index (κ1) is 12.2. The summed E-state index contributed by atoms with van der Waals surface area (Å²) in [5, 5.41) is 6.82. The molecule has 0 bridgehead atoms. The molecular formula is C13H15N3O2. The van der Waals surface area contributed by atoms with Crippen molar-refractivity contribution >= 4 is 6.09 Å². The predicted octanol–water partition coefficient (Wildman–Crippen LogP) is 2.06. The quantitative estimate of drug-likeness (QED) is 0.897. The van der Waals surface area contributed by atoms with Gasteiger partial charge in [-0.25, -0.2) is 4.79 Å². The summed E-state index contributed by atoms with van der Waals surface area (Å²) in [5.74, 6) is 0.529. The Kier molecular flexibility index (Phi) is 3.96. The summed E-state index contributed by atoms with van der Waals surface area (Å²) in [5.41, 5.74) is 0. The highest BCUT2D eigenvalue weighted by Crippen LogP contribution is 2.08. The van der Waals surface area contributed by atoms with Crippen LogP contribution >= 0.6 is 0 Å². The third-order valence-corrected chi connectivity index (χ3v) is 2.34. The van der Waals surface area contributed by atoms with Gasteiger partial charge in [-0.3, -0.25) is 4.68 Å². The van der Waals surface area contributed by atoms with Crippen LogP contribution in [0.1, 0.15) is 6.92 Å². The number of carbonyl (C=O) groups excluding carboxylic acids is 1. The van der Waals surface area contributed by atoms with Gasteiger partial charge in [0.05, 0.1) is 6.54 Å². The molecule has 0 aliphatic rings. The highest BCUT2D eigenvalue weighted by Gasteiger charge is 2.09. The van der Waals surface area contributed by atoms with Crippen molar-refractivity contribution in [2.45, 2.75) is 19.5 Å². The molecule has 5 heteroatoms. The molecule has 2 aromatic rings. The molecule has 1 aromatic carbocycles. The molecule has 18 heavy (non-hydrogen) atoms. The number of para-hydroxylation sites is 1. The standard InChI is InChI=1S/C13H15N3O2/c1-11(10-16-9-5-8-14-16)15-13(17)18-12-6-3-2-4-7-12/h2-9,11H,10H2,1H3,(H,15,17). The van der Waals surface area contributed by atoms with E-state index in [4.69, 9.17) is 4.74 Å². The Hall–Kier alpha value is -2.30. The van der Waals surface area contributed by atoms with Crippen molar-refractivity contribution in [1.29, 1.82) is 0 Å². The second-order valence-corrected chi connectivity index (χ2v) is 3.98. The van der Waals surface area contributed by atoms with Gasteiger partial charge in [0.2, 0.25) is 0 Å². The number of ether oxygens (including phenoxy) is 1. The molecule has 1 heterocycles. The number of nitrogens with one attached hydrogen (secondary N) is 1. The Morgan fingerprint density at radius 3 is 2.83 bits per heavy atom.